The van der Waals surface area contributed by atoms with Crippen molar-refractivity contribution in [3.63, 3.8) is 0 Å². The van der Waals surface area contributed by atoms with Gasteiger partial charge < -0.3 is 14.8 Å². The number of methoxy groups -OCH3 is 1. The van der Waals surface area contributed by atoms with Crippen LogP contribution in [0.5, 0.6) is 11.5 Å². The minimum atomic E-state index is -0.350. The largest absolute Gasteiger partial charge is 0.493 e. The lowest BCUT2D eigenvalue weighted by molar-refractivity contribution is -0.119. The SMILES string of the molecule is COc1cc(C=NNC(=O)CNc2ccc(F)cc2)ccc1OCc1ccc(Cl)cc1Cl. The smallest absolute Gasteiger partial charge is 0.259 e. The van der Waals surface area contributed by atoms with Crippen LogP contribution in [0.15, 0.2) is 65.8 Å². The molecule has 0 atom stereocenters. The zero-order valence-electron chi connectivity index (χ0n) is 17.1. The molecular weight excluding hydrogens is 456 g/mol. The molecule has 0 aliphatic carbocycles. The topological polar surface area (TPSA) is 72.0 Å². The van der Waals surface area contributed by atoms with Crippen LogP contribution in [-0.2, 0) is 11.4 Å². The number of nitrogens with one attached hydrogen (secondary N) is 2. The van der Waals surface area contributed by atoms with Crippen molar-refractivity contribution in [1.82, 2.24) is 5.43 Å². The van der Waals surface area contributed by atoms with E-state index in [0.717, 1.165) is 5.56 Å². The maximum absolute atomic E-state index is 12.9. The first-order valence-electron chi connectivity index (χ1n) is 9.50. The van der Waals surface area contributed by atoms with Gasteiger partial charge in [0.15, 0.2) is 11.5 Å². The van der Waals surface area contributed by atoms with Crippen LogP contribution < -0.4 is 20.2 Å². The fraction of sp³-hybridized carbons (Fsp3) is 0.130. The van der Waals surface area contributed by atoms with Crippen molar-refractivity contribution in [3.8, 4) is 11.5 Å². The Hall–Kier alpha value is -3.29. The lowest BCUT2D eigenvalue weighted by Crippen LogP contribution is -2.25. The molecule has 0 saturated carbocycles. The molecule has 0 heterocycles. The van der Waals surface area contributed by atoms with E-state index < -0.39 is 0 Å². The highest BCUT2D eigenvalue weighted by Gasteiger charge is 2.08. The van der Waals surface area contributed by atoms with Crippen LogP contribution in [0.3, 0.4) is 0 Å². The summed E-state index contributed by atoms with van der Waals surface area (Å²) >= 11 is 12.1. The zero-order valence-corrected chi connectivity index (χ0v) is 18.6. The Balaban J connectivity index is 1.53. The Labute approximate surface area is 194 Å². The highest BCUT2D eigenvalue weighted by molar-refractivity contribution is 6.35. The molecule has 6 nitrogen and oxygen atoms in total. The van der Waals surface area contributed by atoms with E-state index in [9.17, 15) is 9.18 Å². The van der Waals surface area contributed by atoms with Gasteiger partial charge >= 0.3 is 0 Å². The number of hydrazone groups is 1. The average molecular weight is 476 g/mol. The summed E-state index contributed by atoms with van der Waals surface area (Å²) in [5.41, 5.74) is 4.54. The third-order valence-electron chi connectivity index (χ3n) is 4.29. The van der Waals surface area contributed by atoms with E-state index in [1.807, 2.05) is 0 Å². The first-order valence-corrected chi connectivity index (χ1v) is 10.3. The zero-order chi connectivity index (χ0) is 22.9. The molecule has 32 heavy (non-hydrogen) atoms. The summed E-state index contributed by atoms with van der Waals surface area (Å²) in [4.78, 5) is 11.9. The van der Waals surface area contributed by atoms with Gasteiger partial charge in [0, 0.05) is 21.3 Å². The molecule has 0 aliphatic heterocycles. The van der Waals surface area contributed by atoms with Gasteiger partial charge in [-0.3, -0.25) is 4.79 Å². The number of rotatable bonds is 9. The monoisotopic (exact) mass is 475 g/mol. The van der Waals surface area contributed by atoms with Gasteiger partial charge in [-0.05, 0) is 60.2 Å². The predicted octanol–water partition coefficient (Wildman–Crippen LogP) is 5.28. The van der Waals surface area contributed by atoms with E-state index in [2.05, 4.69) is 15.8 Å². The van der Waals surface area contributed by atoms with Gasteiger partial charge in [0.1, 0.15) is 12.4 Å². The molecule has 0 saturated heterocycles. The molecule has 0 aromatic heterocycles. The minimum Gasteiger partial charge on any atom is -0.493 e. The molecule has 0 bridgehead atoms. The number of carbonyl (C=O) groups excluding carboxylic acids is 1. The second-order valence-corrected chi connectivity index (χ2v) is 7.43. The Morgan fingerprint density at radius 2 is 1.84 bits per heavy atom. The van der Waals surface area contributed by atoms with Crippen LogP contribution in [0, 0.1) is 5.82 Å². The summed E-state index contributed by atoms with van der Waals surface area (Å²) in [6.45, 7) is 0.239. The molecule has 0 radical (unpaired) electrons. The minimum absolute atomic E-state index is 0.00761. The molecule has 3 rings (SSSR count). The first kappa shape index (κ1) is 23.4. The van der Waals surface area contributed by atoms with Crippen LogP contribution >= 0.6 is 23.2 Å². The first-order chi connectivity index (χ1) is 15.4. The molecule has 0 spiro atoms. The van der Waals surface area contributed by atoms with Gasteiger partial charge in [-0.2, -0.15) is 5.10 Å². The summed E-state index contributed by atoms with van der Waals surface area (Å²) < 4.78 is 24.1. The standard InChI is InChI=1S/C23H20Cl2FN3O3/c1-31-22-10-15(2-9-21(22)32-14-16-3-4-17(24)11-20(16)25)12-28-29-23(30)13-27-19-7-5-18(26)6-8-19/h2-12,27H,13-14H2,1H3,(H,29,30). The van der Waals surface area contributed by atoms with Crippen LogP contribution in [0.2, 0.25) is 10.0 Å². The quantitative estimate of drug-likeness (QED) is 0.326. The van der Waals surface area contributed by atoms with Gasteiger partial charge in [-0.15, -0.1) is 0 Å². The number of ether oxygens (including phenoxy) is 2. The number of anilines is 1. The highest BCUT2D eigenvalue weighted by Crippen LogP contribution is 2.29. The lowest BCUT2D eigenvalue weighted by Gasteiger charge is -2.12. The number of benzene rings is 3. The van der Waals surface area contributed by atoms with Crippen LogP contribution in [0.4, 0.5) is 10.1 Å². The van der Waals surface area contributed by atoms with Crippen LogP contribution in [0.25, 0.3) is 0 Å². The molecule has 1 amide bonds. The van der Waals surface area contributed by atoms with Gasteiger partial charge in [-0.1, -0.05) is 29.3 Å². The fourth-order valence-corrected chi connectivity index (χ4v) is 3.11. The summed E-state index contributed by atoms with van der Waals surface area (Å²) in [5, 5.41) is 7.88. The van der Waals surface area contributed by atoms with Gasteiger partial charge in [0.2, 0.25) is 0 Å². The summed E-state index contributed by atoms with van der Waals surface area (Å²) in [6, 6.07) is 16.1. The Kier molecular flexibility index (Phi) is 8.30. The van der Waals surface area contributed by atoms with Crippen molar-refractivity contribution in [2.24, 2.45) is 5.10 Å². The number of hydrogen-bond donors (Lipinski definition) is 2. The molecule has 0 unspecified atom stereocenters. The number of hydrogen-bond acceptors (Lipinski definition) is 5. The third kappa shape index (κ3) is 6.87. The fourth-order valence-electron chi connectivity index (χ4n) is 2.65. The van der Waals surface area contributed by atoms with Crippen LogP contribution in [-0.4, -0.2) is 25.8 Å². The molecule has 166 valence electrons. The lowest BCUT2D eigenvalue weighted by atomic mass is 10.2. The van der Waals surface area contributed by atoms with Crippen molar-refractivity contribution < 1.29 is 18.7 Å². The third-order valence-corrected chi connectivity index (χ3v) is 4.87. The average Bonchev–Trinajstić information content (AvgIpc) is 2.78. The Morgan fingerprint density at radius 1 is 1.06 bits per heavy atom. The van der Waals surface area contributed by atoms with E-state index in [1.165, 1.54) is 25.5 Å². The molecule has 3 aromatic rings. The molecule has 9 heteroatoms. The normalized spacial score (nSPS) is 10.8. The van der Waals surface area contributed by atoms with E-state index in [4.69, 9.17) is 32.7 Å². The summed E-state index contributed by atoms with van der Waals surface area (Å²) in [5.74, 6) is 0.342. The number of nitrogens with zero attached hydrogens (tertiary/aromatic N) is 1. The highest BCUT2D eigenvalue weighted by atomic mass is 35.5. The van der Waals surface area contributed by atoms with Crippen molar-refractivity contribution >= 4 is 41.0 Å². The van der Waals surface area contributed by atoms with Gasteiger partial charge in [0.25, 0.3) is 5.91 Å². The molecule has 0 fully saturated rings. The van der Waals surface area contributed by atoms with Crippen LogP contribution in [0.1, 0.15) is 11.1 Å². The molecular formula is C23H20Cl2FN3O3. The second kappa shape index (κ2) is 11.4. The number of carbonyl (C=O) groups is 1. The van der Waals surface area contributed by atoms with E-state index in [1.54, 1.807) is 48.5 Å². The van der Waals surface area contributed by atoms with E-state index in [0.29, 0.717) is 32.8 Å². The molecule has 3 aromatic carbocycles. The molecule has 2 N–H and O–H groups in total. The number of amides is 1. The van der Waals surface area contributed by atoms with Gasteiger partial charge in [-0.25, -0.2) is 9.82 Å². The van der Waals surface area contributed by atoms with Crippen molar-refractivity contribution in [2.75, 3.05) is 19.0 Å². The van der Waals surface area contributed by atoms with E-state index in [-0.39, 0.29) is 24.9 Å². The van der Waals surface area contributed by atoms with Crippen molar-refractivity contribution in [1.29, 1.82) is 0 Å². The van der Waals surface area contributed by atoms with Crippen molar-refractivity contribution in [3.05, 3.63) is 87.7 Å². The second-order valence-electron chi connectivity index (χ2n) is 6.59. The predicted molar refractivity (Wildman–Crippen MR) is 124 cm³/mol. The maximum Gasteiger partial charge on any atom is 0.259 e. The van der Waals surface area contributed by atoms with Gasteiger partial charge in [0.05, 0.1) is 19.9 Å². The van der Waals surface area contributed by atoms with E-state index >= 15 is 0 Å². The Bertz CT molecular complexity index is 1110. The molecule has 0 aliphatic rings. The Morgan fingerprint density at radius 3 is 2.56 bits per heavy atom. The maximum atomic E-state index is 12.9. The number of halogens is 3. The van der Waals surface area contributed by atoms with Crippen molar-refractivity contribution in [2.45, 2.75) is 6.61 Å². The summed E-state index contributed by atoms with van der Waals surface area (Å²) in [7, 11) is 1.53. The summed E-state index contributed by atoms with van der Waals surface area (Å²) in [6.07, 6.45) is 1.48.